The Morgan fingerprint density at radius 1 is 1.08 bits per heavy atom. The minimum atomic E-state index is -0.859. The van der Waals surface area contributed by atoms with Crippen molar-refractivity contribution in [2.75, 3.05) is 5.32 Å². The quantitative estimate of drug-likeness (QED) is 0.336. The van der Waals surface area contributed by atoms with Gasteiger partial charge >= 0.3 is 6.03 Å². The summed E-state index contributed by atoms with van der Waals surface area (Å²) >= 11 is 0. The number of amides is 3. The van der Waals surface area contributed by atoms with Gasteiger partial charge in [0.2, 0.25) is 0 Å². The third-order valence-electron chi connectivity index (χ3n) is 3.08. The predicted octanol–water partition coefficient (Wildman–Crippen LogP) is 2.35. The summed E-state index contributed by atoms with van der Waals surface area (Å²) in [7, 11) is 0. The summed E-state index contributed by atoms with van der Waals surface area (Å²) in [4.78, 5) is 33.8. The maximum atomic E-state index is 12.0. The van der Waals surface area contributed by atoms with Gasteiger partial charge in [-0.05, 0) is 23.8 Å². The third kappa shape index (κ3) is 5.17. The third-order valence-corrected chi connectivity index (χ3v) is 3.08. The molecule has 0 unspecified atom stereocenters. The molecule has 2 aromatic carbocycles. The molecular formula is C17H13N5O4. The molecule has 26 heavy (non-hydrogen) atoms. The Hall–Kier alpha value is -4.19. The van der Waals surface area contributed by atoms with Crippen molar-refractivity contribution in [3.63, 3.8) is 0 Å². The number of rotatable bonds is 4. The number of anilines is 1. The second-order valence-corrected chi connectivity index (χ2v) is 4.92. The van der Waals surface area contributed by atoms with Gasteiger partial charge in [-0.1, -0.05) is 30.3 Å². The van der Waals surface area contributed by atoms with Crippen LogP contribution in [0.5, 0.6) is 0 Å². The molecule has 2 aromatic rings. The fourth-order valence-corrected chi connectivity index (χ4v) is 1.91. The Morgan fingerprint density at radius 3 is 2.46 bits per heavy atom. The van der Waals surface area contributed by atoms with E-state index >= 15 is 0 Å². The number of hydrogen-bond acceptors (Lipinski definition) is 5. The smallest absolute Gasteiger partial charge is 0.307 e. The van der Waals surface area contributed by atoms with Crippen LogP contribution < -0.4 is 16.2 Å². The molecule has 0 atom stereocenters. The lowest BCUT2D eigenvalue weighted by molar-refractivity contribution is -0.384. The Labute approximate surface area is 148 Å². The number of benzene rings is 2. The van der Waals surface area contributed by atoms with Crippen LogP contribution in [0.25, 0.3) is 6.08 Å². The van der Waals surface area contributed by atoms with E-state index in [1.165, 1.54) is 30.3 Å². The molecular weight excluding hydrogens is 338 g/mol. The number of nitro benzene ring substituents is 1. The second-order valence-electron chi connectivity index (χ2n) is 4.92. The van der Waals surface area contributed by atoms with Crippen molar-refractivity contribution in [2.24, 2.45) is 0 Å². The van der Waals surface area contributed by atoms with Crippen molar-refractivity contribution in [1.82, 2.24) is 10.9 Å². The molecule has 9 nitrogen and oxygen atoms in total. The van der Waals surface area contributed by atoms with Gasteiger partial charge < -0.3 is 5.32 Å². The molecule has 0 bridgehead atoms. The molecule has 130 valence electrons. The summed E-state index contributed by atoms with van der Waals surface area (Å²) in [6.07, 6.45) is 1.18. The maximum absolute atomic E-state index is 12.0. The van der Waals surface area contributed by atoms with Crippen molar-refractivity contribution in [3.8, 4) is 6.07 Å². The van der Waals surface area contributed by atoms with Crippen LogP contribution in [0, 0.1) is 21.4 Å². The Balaban J connectivity index is 2.00. The molecule has 0 saturated carbocycles. The summed E-state index contributed by atoms with van der Waals surface area (Å²) in [5, 5.41) is 22.3. The Kier molecular flexibility index (Phi) is 6.01. The molecule has 0 aromatic heterocycles. The van der Waals surface area contributed by atoms with E-state index in [1.54, 1.807) is 36.4 Å². The van der Waals surface area contributed by atoms with Gasteiger partial charge in [-0.2, -0.15) is 5.26 Å². The number of nitriles is 1. The highest BCUT2D eigenvalue weighted by Gasteiger charge is 2.12. The van der Waals surface area contributed by atoms with Gasteiger partial charge in [0.1, 0.15) is 11.6 Å². The first kappa shape index (κ1) is 18.2. The topological polar surface area (TPSA) is 137 Å². The highest BCUT2D eigenvalue weighted by molar-refractivity contribution is 6.03. The van der Waals surface area contributed by atoms with Crippen LogP contribution in [0.1, 0.15) is 5.56 Å². The standard InChI is InChI=1S/C17H13N5O4/c18-11-13(9-12-5-4-8-15(10-12)22(25)26)16(23)20-21-17(24)19-14-6-2-1-3-7-14/h1-10H,(H,20,23)(H2,19,21,24)/b13-9+. The normalized spacial score (nSPS) is 10.3. The fraction of sp³-hybridized carbons (Fsp3) is 0. The van der Waals surface area contributed by atoms with Crippen molar-refractivity contribution in [1.29, 1.82) is 5.26 Å². The fourth-order valence-electron chi connectivity index (χ4n) is 1.91. The molecule has 0 saturated heterocycles. The lowest BCUT2D eigenvalue weighted by Crippen LogP contribution is -2.44. The zero-order chi connectivity index (χ0) is 18.9. The Bertz CT molecular complexity index is 903. The number of nitro groups is 1. The van der Waals surface area contributed by atoms with Crippen LogP contribution in [0.15, 0.2) is 60.2 Å². The first-order valence-corrected chi connectivity index (χ1v) is 7.28. The van der Waals surface area contributed by atoms with Crippen LogP contribution in [0.2, 0.25) is 0 Å². The molecule has 0 aliphatic carbocycles. The Morgan fingerprint density at radius 2 is 1.81 bits per heavy atom. The number of para-hydroxylation sites is 1. The summed E-state index contributed by atoms with van der Waals surface area (Å²) in [6.45, 7) is 0. The highest BCUT2D eigenvalue weighted by atomic mass is 16.6. The number of hydrazine groups is 1. The van der Waals surface area contributed by atoms with E-state index in [4.69, 9.17) is 5.26 Å². The number of urea groups is 1. The molecule has 0 radical (unpaired) electrons. The van der Waals surface area contributed by atoms with Gasteiger partial charge in [0.25, 0.3) is 11.6 Å². The van der Waals surface area contributed by atoms with Crippen molar-refractivity contribution < 1.29 is 14.5 Å². The molecule has 3 N–H and O–H groups in total. The SMILES string of the molecule is N#C/C(=C\c1cccc([N+](=O)[O-])c1)C(=O)NNC(=O)Nc1ccccc1. The molecule has 3 amide bonds. The number of nitrogens with zero attached hydrogens (tertiary/aromatic N) is 2. The van der Waals surface area contributed by atoms with Crippen molar-refractivity contribution >= 4 is 29.4 Å². The van der Waals surface area contributed by atoms with Crippen molar-refractivity contribution in [3.05, 3.63) is 75.8 Å². The number of carbonyl (C=O) groups is 2. The summed E-state index contributed by atoms with van der Waals surface area (Å²) < 4.78 is 0. The van der Waals surface area contributed by atoms with Crippen LogP contribution in [-0.4, -0.2) is 16.9 Å². The summed E-state index contributed by atoms with van der Waals surface area (Å²) in [6, 6.07) is 15.0. The van der Waals surface area contributed by atoms with Gasteiger partial charge in [-0.25, -0.2) is 10.2 Å². The second kappa shape index (κ2) is 8.60. The molecule has 9 heteroatoms. The van der Waals surface area contributed by atoms with E-state index in [9.17, 15) is 19.7 Å². The molecule has 2 rings (SSSR count). The molecule has 0 aliphatic rings. The lowest BCUT2D eigenvalue weighted by atomic mass is 10.1. The van der Waals surface area contributed by atoms with Crippen LogP contribution in [0.3, 0.4) is 0 Å². The maximum Gasteiger partial charge on any atom is 0.337 e. The number of hydrogen-bond donors (Lipinski definition) is 3. The van der Waals surface area contributed by atoms with Gasteiger partial charge in [0, 0.05) is 17.8 Å². The van der Waals surface area contributed by atoms with E-state index in [0.29, 0.717) is 11.3 Å². The van der Waals surface area contributed by atoms with E-state index in [2.05, 4.69) is 16.2 Å². The largest absolute Gasteiger partial charge is 0.337 e. The number of nitrogens with one attached hydrogen (secondary N) is 3. The van der Waals surface area contributed by atoms with E-state index in [-0.39, 0.29) is 11.3 Å². The predicted molar refractivity (Wildman–Crippen MR) is 93.4 cm³/mol. The van der Waals surface area contributed by atoms with Crippen molar-refractivity contribution in [2.45, 2.75) is 0 Å². The minimum absolute atomic E-state index is 0.170. The molecule has 0 aliphatic heterocycles. The van der Waals surface area contributed by atoms with E-state index in [1.807, 2.05) is 0 Å². The average Bonchev–Trinajstić information content (AvgIpc) is 2.65. The van der Waals surface area contributed by atoms with E-state index in [0.717, 1.165) is 0 Å². The highest BCUT2D eigenvalue weighted by Crippen LogP contribution is 2.15. The average molecular weight is 351 g/mol. The van der Waals surface area contributed by atoms with Crippen LogP contribution >= 0.6 is 0 Å². The van der Waals surface area contributed by atoms with Gasteiger partial charge in [-0.15, -0.1) is 0 Å². The lowest BCUT2D eigenvalue weighted by Gasteiger charge is -2.08. The van der Waals surface area contributed by atoms with Crippen LogP contribution in [0.4, 0.5) is 16.2 Å². The zero-order valence-electron chi connectivity index (χ0n) is 13.3. The monoisotopic (exact) mass is 351 g/mol. The molecule has 0 heterocycles. The van der Waals surface area contributed by atoms with Gasteiger partial charge in [0.05, 0.1) is 4.92 Å². The van der Waals surface area contributed by atoms with Gasteiger partial charge in [0.15, 0.2) is 0 Å². The molecule has 0 fully saturated rings. The molecule has 0 spiro atoms. The zero-order valence-corrected chi connectivity index (χ0v) is 13.3. The summed E-state index contributed by atoms with van der Waals surface area (Å²) in [5.74, 6) is -0.859. The first-order valence-electron chi connectivity index (χ1n) is 7.28. The van der Waals surface area contributed by atoms with Crippen LogP contribution in [-0.2, 0) is 4.79 Å². The summed E-state index contributed by atoms with van der Waals surface area (Å²) in [5.41, 5.74) is 4.52. The number of non-ortho nitro benzene ring substituents is 1. The number of carbonyl (C=O) groups excluding carboxylic acids is 2. The van der Waals surface area contributed by atoms with E-state index < -0.39 is 16.9 Å². The first-order chi connectivity index (χ1) is 12.5. The van der Waals surface area contributed by atoms with Gasteiger partial charge in [-0.3, -0.25) is 20.3 Å². The minimum Gasteiger partial charge on any atom is -0.307 e.